The van der Waals surface area contributed by atoms with E-state index in [0.717, 1.165) is 4.90 Å². The van der Waals surface area contributed by atoms with Gasteiger partial charge in [0, 0.05) is 0 Å². The molecule has 2 amide bonds. The molecule has 7 nitrogen and oxygen atoms in total. The molecule has 1 aliphatic heterocycles. The van der Waals surface area contributed by atoms with Crippen molar-refractivity contribution in [3.05, 3.63) is 0 Å². The van der Waals surface area contributed by atoms with Gasteiger partial charge in [-0.1, -0.05) is 0 Å². The monoisotopic (exact) mass is 295 g/mol. The van der Waals surface area contributed by atoms with Crippen molar-refractivity contribution in [1.82, 2.24) is 4.90 Å². The first kappa shape index (κ1) is 16.2. The van der Waals surface area contributed by atoms with Gasteiger partial charge in [0.2, 0.25) is 0 Å². The molecule has 0 aliphatic carbocycles. The van der Waals surface area contributed by atoms with E-state index < -0.39 is 29.3 Å². The van der Waals surface area contributed by atoms with Crippen LogP contribution in [0.25, 0.3) is 0 Å². The summed E-state index contributed by atoms with van der Waals surface area (Å²) in [7, 11) is 0. The number of rotatable bonds is 6. The van der Waals surface area contributed by atoms with E-state index >= 15 is 0 Å². The Hall–Kier alpha value is -0.890. The van der Waals surface area contributed by atoms with Crippen molar-refractivity contribution in [2.24, 2.45) is 0 Å². The summed E-state index contributed by atoms with van der Waals surface area (Å²) in [6, 6.07) is 0. The van der Waals surface area contributed by atoms with Crippen LogP contribution >= 0.6 is 11.6 Å². The van der Waals surface area contributed by atoms with E-state index in [2.05, 4.69) is 4.74 Å². The lowest BCUT2D eigenvalue weighted by atomic mass is 10.1. The molecular formula is C11H18ClNO6. The Labute approximate surface area is 116 Å². The van der Waals surface area contributed by atoms with Crippen molar-refractivity contribution in [3.63, 3.8) is 0 Å². The Bertz CT molecular complexity index is 343. The van der Waals surface area contributed by atoms with Gasteiger partial charge in [0.1, 0.15) is 12.0 Å². The van der Waals surface area contributed by atoms with Crippen LogP contribution in [0.15, 0.2) is 0 Å². The van der Waals surface area contributed by atoms with Gasteiger partial charge in [0.25, 0.3) is 5.91 Å². The molecule has 110 valence electrons. The molecule has 2 N–H and O–H groups in total. The molecule has 19 heavy (non-hydrogen) atoms. The van der Waals surface area contributed by atoms with E-state index in [-0.39, 0.29) is 26.2 Å². The fourth-order valence-electron chi connectivity index (χ4n) is 1.48. The lowest BCUT2D eigenvalue weighted by molar-refractivity contribution is -0.179. The summed E-state index contributed by atoms with van der Waals surface area (Å²) >= 11 is 5.81. The number of aliphatic hydroxyl groups excluding tert-OH is 1. The van der Waals surface area contributed by atoms with Gasteiger partial charge in [-0.2, -0.15) is 0 Å². The van der Waals surface area contributed by atoms with E-state index in [1.54, 1.807) is 0 Å². The van der Waals surface area contributed by atoms with E-state index in [9.17, 15) is 19.8 Å². The van der Waals surface area contributed by atoms with E-state index in [1.807, 2.05) is 0 Å². The van der Waals surface area contributed by atoms with Crippen molar-refractivity contribution in [2.45, 2.75) is 37.5 Å². The molecule has 2 atom stereocenters. The maximum absolute atomic E-state index is 11.8. The van der Waals surface area contributed by atoms with Gasteiger partial charge in [-0.3, -0.25) is 4.79 Å². The summed E-state index contributed by atoms with van der Waals surface area (Å²) in [6.07, 6.45) is -1.87. The zero-order chi connectivity index (χ0) is 14.6. The maximum Gasteiger partial charge on any atom is 0.416 e. The van der Waals surface area contributed by atoms with Crippen molar-refractivity contribution in [2.75, 3.05) is 19.8 Å². The Morgan fingerprint density at radius 3 is 2.74 bits per heavy atom. The van der Waals surface area contributed by atoms with Crippen LogP contribution in [0.3, 0.4) is 0 Å². The molecule has 0 aromatic heterocycles. The summed E-state index contributed by atoms with van der Waals surface area (Å²) in [6.45, 7) is 3.19. The molecule has 1 aliphatic rings. The largest absolute Gasteiger partial charge is 0.447 e. The molecule has 0 bridgehead atoms. The molecular weight excluding hydrogens is 278 g/mol. The average Bonchev–Trinajstić information content (AvgIpc) is 2.71. The Kier molecular flexibility index (Phi) is 5.54. The van der Waals surface area contributed by atoms with Gasteiger partial charge >= 0.3 is 6.09 Å². The third kappa shape index (κ3) is 4.94. The highest BCUT2D eigenvalue weighted by atomic mass is 35.5. The van der Waals surface area contributed by atoms with E-state index in [0.29, 0.717) is 0 Å². The lowest BCUT2D eigenvalue weighted by Crippen LogP contribution is -2.43. The van der Waals surface area contributed by atoms with Gasteiger partial charge in [0.05, 0.1) is 19.3 Å². The number of ether oxygens (including phenoxy) is 2. The average molecular weight is 296 g/mol. The third-order valence-electron chi connectivity index (χ3n) is 2.47. The van der Waals surface area contributed by atoms with Crippen LogP contribution in [0.1, 0.15) is 20.3 Å². The Morgan fingerprint density at radius 1 is 1.63 bits per heavy atom. The number of halogens is 1. The highest BCUT2D eigenvalue weighted by molar-refractivity contribution is 6.32. The standard InChI is InChI=1S/C11H18ClNO6/c1-11(2,17)19-5-3-7(14)8(12)9(15)13-4-6-18-10(13)16/h7-8,14,17H,3-6H2,1-2H3. The van der Waals surface area contributed by atoms with E-state index in [4.69, 9.17) is 16.3 Å². The highest BCUT2D eigenvalue weighted by Crippen LogP contribution is 2.15. The molecule has 1 saturated heterocycles. The number of cyclic esters (lactones) is 1. The fourth-order valence-corrected chi connectivity index (χ4v) is 1.73. The van der Waals surface area contributed by atoms with Crippen LogP contribution in [0.2, 0.25) is 0 Å². The normalized spacial score (nSPS) is 19.2. The topological polar surface area (TPSA) is 96.3 Å². The summed E-state index contributed by atoms with van der Waals surface area (Å²) in [5, 5.41) is 17.8. The van der Waals surface area contributed by atoms with Crippen molar-refractivity contribution in [1.29, 1.82) is 0 Å². The summed E-state index contributed by atoms with van der Waals surface area (Å²) in [4.78, 5) is 23.8. The molecule has 2 unspecified atom stereocenters. The SMILES string of the molecule is CC(C)(O)OCCC(O)C(Cl)C(=O)N1CCOC1=O. The van der Waals surface area contributed by atoms with Crippen LogP contribution in [0.4, 0.5) is 4.79 Å². The Balaban J connectivity index is 2.41. The predicted octanol–water partition coefficient (Wildman–Crippen LogP) is 0.0686. The number of carbonyl (C=O) groups excluding carboxylic acids is 2. The third-order valence-corrected chi connectivity index (χ3v) is 2.95. The van der Waals surface area contributed by atoms with Crippen molar-refractivity contribution < 1.29 is 29.3 Å². The van der Waals surface area contributed by atoms with Gasteiger partial charge in [-0.15, -0.1) is 11.6 Å². The van der Waals surface area contributed by atoms with Crippen molar-refractivity contribution in [3.8, 4) is 0 Å². The molecule has 0 aromatic carbocycles. The minimum absolute atomic E-state index is 0.0333. The molecule has 0 radical (unpaired) electrons. The summed E-state index contributed by atoms with van der Waals surface area (Å²) in [5.41, 5.74) is 0. The smallest absolute Gasteiger partial charge is 0.416 e. The summed E-state index contributed by atoms with van der Waals surface area (Å²) < 4.78 is 9.61. The second-order valence-corrected chi connectivity index (χ2v) is 5.13. The minimum Gasteiger partial charge on any atom is -0.447 e. The second-order valence-electron chi connectivity index (χ2n) is 4.66. The molecule has 0 spiro atoms. The fraction of sp³-hybridized carbons (Fsp3) is 0.818. The number of imide groups is 1. The first-order chi connectivity index (χ1) is 8.72. The molecule has 8 heteroatoms. The number of amides is 2. The van der Waals surface area contributed by atoms with Gasteiger partial charge < -0.3 is 19.7 Å². The number of aliphatic hydroxyl groups is 2. The molecule has 0 aromatic rings. The molecule has 1 fully saturated rings. The van der Waals surface area contributed by atoms with E-state index in [1.165, 1.54) is 13.8 Å². The molecule has 0 saturated carbocycles. The minimum atomic E-state index is -1.32. The van der Waals surface area contributed by atoms with Crippen molar-refractivity contribution >= 4 is 23.6 Å². The van der Waals surface area contributed by atoms with Crippen LogP contribution in [0, 0.1) is 0 Å². The quantitative estimate of drug-likeness (QED) is 0.532. The molecule has 1 rings (SSSR count). The molecule has 1 heterocycles. The number of carbonyl (C=O) groups is 2. The van der Waals surface area contributed by atoms with Gasteiger partial charge in [-0.05, 0) is 20.3 Å². The first-order valence-corrected chi connectivity index (χ1v) is 6.32. The highest BCUT2D eigenvalue weighted by Gasteiger charge is 2.35. The lowest BCUT2D eigenvalue weighted by Gasteiger charge is -2.22. The van der Waals surface area contributed by atoms with Crippen LogP contribution in [-0.2, 0) is 14.3 Å². The van der Waals surface area contributed by atoms with Crippen LogP contribution < -0.4 is 0 Å². The number of nitrogens with zero attached hydrogens (tertiary/aromatic N) is 1. The number of hydrogen-bond acceptors (Lipinski definition) is 6. The van der Waals surface area contributed by atoms with Gasteiger partial charge in [0.15, 0.2) is 5.79 Å². The zero-order valence-corrected chi connectivity index (χ0v) is 11.6. The number of hydrogen-bond donors (Lipinski definition) is 2. The second kappa shape index (κ2) is 6.51. The summed E-state index contributed by atoms with van der Waals surface area (Å²) in [5.74, 6) is -2.01. The maximum atomic E-state index is 11.8. The van der Waals surface area contributed by atoms with Gasteiger partial charge in [-0.25, -0.2) is 9.69 Å². The predicted molar refractivity (Wildman–Crippen MR) is 65.6 cm³/mol. The van der Waals surface area contributed by atoms with Crippen LogP contribution in [-0.4, -0.2) is 64.1 Å². The first-order valence-electron chi connectivity index (χ1n) is 5.89. The Morgan fingerprint density at radius 2 is 2.26 bits per heavy atom. The number of alkyl halides is 1. The van der Waals surface area contributed by atoms with Crippen LogP contribution in [0.5, 0.6) is 0 Å². The zero-order valence-electron chi connectivity index (χ0n) is 10.8.